The maximum absolute atomic E-state index is 6.64. The number of hydrogen-bond acceptors (Lipinski definition) is 4. The van der Waals surface area contributed by atoms with Gasteiger partial charge in [-0.2, -0.15) is 0 Å². The molecule has 1 atom stereocenters. The number of nitrogens with zero attached hydrogens (tertiary/aromatic N) is 3. The van der Waals surface area contributed by atoms with Gasteiger partial charge >= 0.3 is 0 Å². The van der Waals surface area contributed by atoms with E-state index in [0.717, 1.165) is 55.7 Å². The summed E-state index contributed by atoms with van der Waals surface area (Å²) in [5, 5.41) is 10.7. The Bertz CT molecular complexity index is 2750. The summed E-state index contributed by atoms with van der Waals surface area (Å²) in [6, 6.07) is 55.0. The molecule has 1 unspecified atom stereocenters. The van der Waals surface area contributed by atoms with E-state index in [-0.39, 0.29) is 0 Å². The van der Waals surface area contributed by atoms with Gasteiger partial charge in [-0.15, -0.1) is 0 Å². The van der Waals surface area contributed by atoms with Crippen LogP contribution in [-0.2, 0) is 0 Å². The molecule has 0 radical (unpaired) electrons. The SMILES string of the molecule is c1ccc(C2=NC(c3cc(-n4c5ccccc5c5ccc6ccccc6c54)c4c(c3)oc3ccccc34)NC(c3ccccc3)=N2)cc1. The minimum atomic E-state index is -0.408. The van der Waals surface area contributed by atoms with Crippen molar-refractivity contribution in [3.8, 4) is 5.69 Å². The number of hydrogen-bond donors (Lipinski definition) is 1. The smallest absolute Gasteiger partial charge is 0.159 e. The van der Waals surface area contributed by atoms with Crippen LogP contribution in [0.15, 0.2) is 172 Å². The highest BCUT2D eigenvalue weighted by Crippen LogP contribution is 2.42. The molecule has 0 fully saturated rings. The molecule has 10 rings (SSSR count). The van der Waals surface area contributed by atoms with Gasteiger partial charge in [-0.1, -0.05) is 133 Å². The third kappa shape index (κ3) is 4.11. The van der Waals surface area contributed by atoms with Gasteiger partial charge in [0.2, 0.25) is 0 Å². The zero-order valence-electron chi connectivity index (χ0n) is 25.8. The molecular formula is C43H28N4O. The summed E-state index contributed by atoms with van der Waals surface area (Å²) in [6.45, 7) is 0. The Morgan fingerprint density at radius 3 is 2.08 bits per heavy atom. The van der Waals surface area contributed by atoms with E-state index >= 15 is 0 Å². The molecule has 0 amide bonds. The van der Waals surface area contributed by atoms with Crippen molar-refractivity contribution in [2.45, 2.75) is 6.17 Å². The molecule has 2 aromatic heterocycles. The van der Waals surface area contributed by atoms with Crippen molar-refractivity contribution < 1.29 is 4.42 Å². The maximum Gasteiger partial charge on any atom is 0.159 e. The van der Waals surface area contributed by atoms with Gasteiger partial charge in [-0.05, 0) is 29.7 Å². The van der Waals surface area contributed by atoms with Crippen LogP contribution in [0.2, 0.25) is 0 Å². The molecule has 5 heteroatoms. The Morgan fingerprint density at radius 1 is 0.562 bits per heavy atom. The van der Waals surface area contributed by atoms with Gasteiger partial charge in [-0.25, -0.2) is 9.98 Å². The quantitative estimate of drug-likeness (QED) is 0.214. The predicted octanol–water partition coefficient (Wildman–Crippen LogP) is 10.3. The molecule has 0 saturated carbocycles. The Hall–Kier alpha value is -6.46. The number of furan rings is 1. The number of aliphatic imine (C=N–C) groups is 2. The fourth-order valence-electron chi connectivity index (χ4n) is 7.25. The molecule has 226 valence electrons. The predicted molar refractivity (Wildman–Crippen MR) is 197 cm³/mol. The zero-order chi connectivity index (χ0) is 31.6. The third-order valence-electron chi connectivity index (χ3n) is 9.42. The third-order valence-corrected chi connectivity index (χ3v) is 9.42. The second-order valence-electron chi connectivity index (χ2n) is 12.2. The minimum absolute atomic E-state index is 0.408. The van der Waals surface area contributed by atoms with E-state index in [2.05, 4.69) is 119 Å². The molecule has 0 aliphatic carbocycles. The average molecular weight is 617 g/mol. The van der Waals surface area contributed by atoms with E-state index < -0.39 is 6.17 Å². The molecule has 1 aliphatic rings. The topological polar surface area (TPSA) is 54.8 Å². The zero-order valence-corrected chi connectivity index (χ0v) is 25.8. The molecule has 5 nitrogen and oxygen atoms in total. The first kappa shape index (κ1) is 26.7. The Kier molecular flexibility index (Phi) is 5.87. The van der Waals surface area contributed by atoms with Gasteiger partial charge in [0.15, 0.2) is 5.84 Å². The summed E-state index contributed by atoms with van der Waals surface area (Å²) in [5.41, 5.74) is 8.00. The Balaban J connectivity index is 1.29. The van der Waals surface area contributed by atoms with Crippen molar-refractivity contribution in [1.82, 2.24) is 9.88 Å². The summed E-state index contributed by atoms with van der Waals surface area (Å²) < 4.78 is 9.07. The van der Waals surface area contributed by atoms with Crippen LogP contribution in [0.1, 0.15) is 22.9 Å². The number of fused-ring (bicyclic) bond motifs is 8. The largest absolute Gasteiger partial charge is 0.456 e. The van der Waals surface area contributed by atoms with Crippen molar-refractivity contribution in [2.24, 2.45) is 9.98 Å². The molecule has 1 aliphatic heterocycles. The molecule has 0 spiro atoms. The molecular weight excluding hydrogens is 589 g/mol. The van der Waals surface area contributed by atoms with Gasteiger partial charge in [0, 0.05) is 38.2 Å². The first-order chi connectivity index (χ1) is 23.8. The number of benzene rings is 7. The number of rotatable bonds is 4. The van der Waals surface area contributed by atoms with E-state index in [1.807, 2.05) is 48.5 Å². The number of aromatic nitrogens is 1. The van der Waals surface area contributed by atoms with Gasteiger partial charge in [0.05, 0.1) is 22.1 Å². The Labute approximate surface area is 276 Å². The standard InChI is InChI=1S/C43H28N4O/c1-3-14-28(15-4-1)41-44-42(29-16-5-2-6-17-29)46-43(45-41)30-25-36(39-34-20-10-12-22-37(34)48-38(39)26-30)47-35-21-11-9-19-32(35)33-24-23-27-13-7-8-18-31(27)40(33)47/h1-26,43H,(H,44,45,46). The van der Waals surface area contributed by atoms with Crippen LogP contribution < -0.4 is 5.32 Å². The van der Waals surface area contributed by atoms with Crippen LogP contribution in [0.5, 0.6) is 0 Å². The maximum atomic E-state index is 6.64. The van der Waals surface area contributed by atoms with Crippen LogP contribution in [0.3, 0.4) is 0 Å². The molecule has 7 aromatic carbocycles. The van der Waals surface area contributed by atoms with Crippen molar-refractivity contribution in [2.75, 3.05) is 0 Å². The van der Waals surface area contributed by atoms with E-state index in [1.165, 1.54) is 27.1 Å². The molecule has 1 N–H and O–H groups in total. The highest BCUT2D eigenvalue weighted by molar-refractivity contribution is 6.20. The van der Waals surface area contributed by atoms with E-state index in [1.54, 1.807) is 0 Å². The van der Waals surface area contributed by atoms with Gasteiger partial charge < -0.3 is 14.3 Å². The molecule has 0 saturated heterocycles. The second kappa shape index (κ2) is 10.5. The van der Waals surface area contributed by atoms with Crippen LogP contribution in [0, 0.1) is 0 Å². The fraction of sp³-hybridized carbons (Fsp3) is 0.0233. The monoisotopic (exact) mass is 616 g/mol. The van der Waals surface area contributed by atoms with Crippen LogP contribution in [0.25, 0.3) is 60.2 Å². The van der Waals surface area contributed by atoms with Gasteiger partial charge in [0.1, 0.15) is 23.2 Å². The number of para-hydroxylation sites is 2. The molecule has 3 heterocycles. The summed E-state index contributed by atoms with van der Waals surface area (Å²) in [7, 11) is 0. The second-order valence-corrected chi connectivity index (χ2v) is 12.2. The summed E-state index contributed by atoms with van der Waals surface area (Å²) in [4.78, 5) is 10.2. The van der Waals surface area contributed by atoms with Crippen molar-refractivity contribution in [3.05, 3.63) is 174 Å². The summed E-state index contributed by atoms with van der Waals surface area (Å²) in [5.74, 6) is 1.47. The molecule has 9 aromatic rings. The van der Waals surface area contributed by atoms with E-state index in [0.29, 0.717) is 5.84 Å². The molecule has 0 bridgehead atoms. The first-order valence-electron chi connectivity index (χ1n) is 16.2. The average Bonchev–Trinajstić information content (AvgIpc) is 3.71. The lowest BCUT2D eigenvalue weighted by Crippen LogP contribution is -2.33. The minimum Gasteiger partial charge on any atom is -0.456 e. The normalized spacial score (nSPS) is 14.9. The van der Waals surface area contributed by atoms with Crippen molar-refractivity contribution in [1.29, 1.82) is 0 Å². The van der Waals surface area contributed by atoms with Crippen LogP contribution >= 0.6 is 0 Å². The van der Waals surface area contributed by atoms with Crippen LogP contribution in [-0.4, -0.2) is 16.2 Å². The van der Waals surface area contributed by atoms with Crippen molar-refractivity contribution >= 4 is 66.2 Å². The van der Waals surface area contributed by atoms with Crippen molar-refractivity contribution in [3.63, 3.8) is 0 Å². The first-order valence-corrected chi connectivity index (χ1v) is 16.2. The highest BCUT2D eigenvalue weighted by Gasteiger charge is 2.25. The number of amidine groups is 2. The Morgan fingerprint density at radius 2 is 1.25 bits per heavy atom. The van der Waals surface area contributed by atoms with E-state index in [4.69, 9.17) is 14.4 Å². The summed E-state index contributed by atoms with van der Waals surface area (Å²) >= 11 is 0. The van der Waals surface area contributed by atoms with E-state index in [9.17, 15) is 0 Å². The number of nitrogens with one attached hydrogen (secondary N) is 1. The van der Waals surface area contributed by atoms with Gasteiger partial charge in [0.25, 0.3) is 0 Å². The fourth-order valence-corrected chi connectivity index (χ4v) is 7.25. The lowest BCUT2D eigenvalue weighted by Gasteiger charge is -2.24. The van der Waals surface area contributed by atoms with Gasteiger partial charge in [-0.3, -0.25) is 0 Å². The lowest BCUT2D eigenvalue weighted by molar-refractivity contribution is 0.654. The van der Waals surface area contributed by atoms with Crippen LogP contribution in [0.4, 0.5) is 0 Å². The summed E-state index contributed by atoms with van der Waals surface area (Å²) in [6.07, 6.45) is -0.408. The lowest BCUT2D eigenvalue weighted by atomic mass is 10.0. The highest BCUT2D eigenvalue weighted by atomic mass is 16.3. The molecule has 48 heavy (non-hydrogen) atoms.